The predicted molar refractivity (Wildman–Crippen MR) is 107 cm³/mol. The van der Waals surface area contributed by atoms with Crippen molar-refractivity contribution in [2.45, 2.75) is 6.42 Å². The van der Waals surface area contributed by atoms with Crippen LogP contribution in [-0.2, 0) is 6.42 Å². The zero-order valence-corrected chi connectivity index (χ0v) is 15.7. The number of rotatable bonds is 7. The van der Waals surface area contributed by atoms with Crippen LogP contribution in [0.4, 0.5) is 17.5 Å². The Hall–Kier alpha value is -2.50. The summed E-state index contributed by atoms with van der Waals surface area (Å²) in [6.07, 6.45) is 2.56. The van der Waals surface area contributed by atoms with E-state index in [9.17, 15) is 0 Å². The number of halogens is 2. The zero-order valence-electron chi connectivity index (χ0n) is 14.2. The van der Waals surface area contributed by atoms with Gasteiger partial charge in [0.1, 0.15) is 11.6 Å². The first-order valence-corrected chi connectivity index (χ1v) is 8.81. The van der Waals surface area contributed by atoms with Gasteiger partial charge in [-0.2, -0.15) is 4.98 Å². The van der Waals surface area contributed by atoms with Crippen LogP contribution in [-0.4, -0.2) is 23.6 Å². The molecule has 7 heteroatoms. The second-order valence-corrected chi connectivity index (χ2v) is 6.41. The highest BCUT2D eigenvalue weighted by molar-refractivity contribution is 6.31. The van der Waals surface area contributed by atoms with E-state index in [1.54, 1.807) is 31.5 Å². The van der Waals surface area contributed by atoms with E-state index in [4.69, 9.17) is 27.9 Å². The van der Waals surface area contributed by atoms with E-state index in [-0.39, 0.29) is 0 Å². The minimum absolute atomic E-state index is 0.460. The second kappa shape index (κ2) is 8.74. The molecule has 2 aromatic carbocycles. The van der Waals surface area contributed by atoms with Crippen molar-refractivity contribution in [1.29, 1.82) is 0 Å². The predicted octanol–water partition coefficient (Wildman–Crippen LogP) is 5.19. The molecular weight excluding hydrogens is 371 g/mol. The first-order chi connectivity index (χ1) is 12.6. The maximum absolute atomic E-state index is 6.05. The second-order valence-electron chi connectivity index (χ2n) is 5.54. The minimum atomic E-state index is 0.460. The molecule has 1 heterocycles. The fourth-order valence-corrected chi connectivity index (χ4v) is 2.70. The first-order valence-electron chi connectivity index (χ1n) is 8.06. The molecule has 0 bridgehead atoms. The standard InChI is InChI=1S/C19H18Cl2N4O/c1-26-17-7-6-15(21)12-16(17)24-19-23-11-9-18(25-19)22-10-8-13-2-4-14(20)5-3-13/h2-7,9,11-12H,8,10H2,1H3,(H2,22,23,24,25). The monoisotopic (exact) mass is 388 g/mol. The molecule has 0 amide bonds. The van der Waals surface area contributed by atoms with Crippen LogP contribution < -0.4 is 15.4 Å². The normalized spacial score (nSPS) is 10.4. The lowest BCUT2D eigenvalue weighted by Crippen LogP contribution is -2.08. The van der Waals surface area contributed by atoms with Crippen molar-refractivity contribution in [1.82, 2.24) is 9.97 Å². The summed E-state index contributed by atoms with van der Waals surface area (Å²) in [4.78, 5) is 8.71. The maximum atomic E-state index is 6.05. The van der Waals surface area contributed by atoms with Gasteiger partial charge < -0.3 is 15.4 Å². The minimum Gasteiger partial charge on any atom is -0.495 e. The zero-order chi connectivity index (χ0) is 18.4. The third-order valence-electron chi connectivity index (χ3n) is 3.70. The Kier molecular flexibility index (Phi) is 6.15. The van der Waals surface area contributed by atoms with E-state index in [2.05, 4.69) is 20.6 Å². The third-order valence-corrected chi connectivity index (χ3v) is 4.18. The molecule has 26 heavy (non-hydrogen) atoms. The van der Waals surface area contributed by atoms with Crippen LogP contribution in [0.5, 0.6) is 5.75 Å². The van der Waals surface area contributed by atoms with E-state index in [0.29, 0.717) is 22.4 Å². The van der Waals surface area contributed by atoms with Crippen molar-refractivity contribution in [2.24, 2.45) is 0 Å². The summed E-state index contributed by atoms with van der Waals surface area (Å²) >= 11 is 12.0. The van der Waals surface area contributed by atoms with Gasteiger partial charge in [0.2, 0.25) is 5.95 Å². The number of benzene rings is 2. The largest absolute Gasteiger partial charge is 0.495 e. The number of methoxy groups -OCH3 is 1. The Morgan fingerprint density at radius 1 is 1.00 bits per heavy atom. The maximum Gasteiger partial charge on any atom is 0.229 e. The lowest BCUT2D eigenvalue weighted by molar-refractivity contribution is 0.417. The molecule has 5 nitrogen and oxygen atoms in total. The fourth-order valence-electron chi connectivity index (χ4n) is 2.40. The topological polar surface area (TPSA) is 59.1 Å². The van der Waals surface area contributed by atoms with Crippen molar-refractivity contribution in [2.75, 3.05) is 24.3 Å². The number of anilines is 3. The van der Waals surface area contributed by atoms with Crippen LogP contribution in [0, 0.1) is 0 Å². The van der Waals surface area contributed by atoms with Gasteiger partial charge in [0.15, 0.2) is 0 Å². The molecule has 0 atom stereocenters. The Morgan fingerprint density at radius 2 is 1.77 bits per heavy atom. The smallest absolute Gasteiger partial charge is 0.229 e. The fraction of sp³-hybridized carbons (Fsp3) is 0.158. The molecule has 3 rings (SSSR count). The first kappa shape index (κ1) is 18.3. The van der Waals surface area contributed by atoms with Gasteiger partial charge in [-0.05, 0) is 48.4 Å². The van der Waals surface area contributed by atoms with Gasteiger partial charge >= 0.3 is 0 Å². The highest BCUT2D eigenvalue weighted by Crippen LogP contribution is 2.29. The van der Waals surface area contributed by atoms with Gasteiger partial charge in [0.05, 0.1) is 12.8 Å². The highest BCUT2D eigenvalue weighted by atomic mass is 35.5. The number of aromatic nitrogens is 2. The van der Waals surface area contributed by atoms with Crippen LogP contribution in [0.15, 0.2) is 54.7 Å². The number of nitrogens with one attached hydrogen (secondary N) is 2. The molecular formula is C19H18Cl2N4O. The molecule has 0 aliphatic heterocycles. The molecule has 0 aliphatic rings. The average Bonchev–Trinajstić information content (AvgIpc) is 2.64. The quantitative estimate of drug-likeness (QED) is 0.582. The summed E-state index contributed by atoms with van der Waals surface area (Å²) in [6.45, 7) is 0.749. The van der Waals surface area contributed by atoms with Crippen LogP contribution in [0.1, 0.15) is 5.56 Å². The van der Waals surface area contributed by atoms with Crippen molar-refractivity contribution in [3.8, 4) is 5.75 Å². The molecule has 3 aromatic rings. The van der Waals surface area contributed by atoms with E-state index < -0.39 is 0 Å². The van der Waals surface area contributed by atoms with E-state index >= 15 is 0 Å². The summed E-state index contributed by atoms with van der Waals surface area (Å²) < 4.78 is 5.32. The molecule has 134 valence electrons. The summed E-state index contributed by atoms with van der Waals surface area (Å²) in [6, 6.07) is 15.0. The van der Waals surface area contributed by atoms with Gasteiger partial charge in [-0.1, -0.05) is 35.3 Å². The van der Waals surface area contributed by atoms with Gasteiger partial charge in [-0.15, -0.1) is 0 Å². The van der Waals surface area contributed by atoms with Gasteiger partial charge in [-0.3, -0.25) is 0 Å². The van der Waals surface area contributed by atoms with Crippen molar-refractivity contribution < 1.29 is 4.74 Å². The molecule has 0 radical (unpaired) electrons. The SMILES string of the molecule is COc1ccc(Cl)cc1Nc1nccc(NCCc2ccc(Cl)cc2)n1. The third kappa shape index (κ3) is 5.00. The molecule has 0 saturated heterocycles. The molecule has 0 unspecified atom stereocenters. The Bertz CT molecular complexity index is 872. The molecule has 0 spiro atoms. The number of ether oxygens (including phenoxy) is 1. The lowest BCUT2D eigenvalue weighted by atomic mass is 10.1. The van der Waals surface area contributed by atoms with Gasteiger partial charge in [-0.25, -0.2) is 4.98 Å². The molecule has 0 saturated carbocycles. The number of hydrogen-bond donors (Lipinski definition) is 2. The summed E-state index contributed by atoms with van der Waals surface area (Å²) in [7, 11) is 1.60. The Morgan fingerprint density at radius 3 is 2.54 bits per heavy atom. The van der Waals surface area contributed by atoms with Crippen LogP contribution in [0.25, 0.3) is 0 Å². The van der Waals surface area contributed by atoms with E-state index in [1.165, 1.54) is 5.56 Å². The Labute approximate surface area is 162 Å². The van der Waals surface area contributed by atoms with Gasteiger partial charge in [0.25, 0.3) is 0 Å². The average molecular weight is 389 g/mol. The van der Waals surface area contributed by atoms with Crippen molar-refractivity contribution in [3.63, 3.8) is 0 Å². The van der Waals surface area contributed by atoms with E-state index in [0.717, 1.165) is 23.8 Å². The van der Waals surface area contributed by atoms with Crippen LogP contribution in [0.3, 0.4) is 0 Å². The Balaban J connectivity index is 1.63. The lowest BCUT2D eigenvalue weighted by Gasteiger charge is -2.11. The molecule has 0 fully saturated rings. The number of nitrogens with zero attached hydrogens (tertiary/aromatic N) is 2. The highest BCUT2D eigenvalue weighted by Gasteiger charge is 2.06. The molecule has 2 N–H and O–H groups in total. The van der Waals surface area contributed by atoms with E-state index in [1.807, 2.05) is 30.3 Å². The summed E-state index contributed by atoms with van der Waals surface area (Å²) in [5, 5.41) is 7.77. The van der Waals surface area contributed by atoms with Gasteiger partial charge in [0, 0.05) is 22.8 Å². The number of hydrogen-bond acceptors (Lipinski definition) is 5. The summed E-state index contributed by atoms with van der Waals surface area (Å²) in [5.41, 5.74) is 1.91. The van der Waals surface area contributed by atoms with Crippen molar-refractivity contribution in [3.05, 3.63) is 70.3 Å². The molecule has 0 aliphatic carbocycles. The molecule has 1 aromatic heterocycles. The summed E-state index contributed by atoms with van der Waals surface area (Å²) in [5.74, 6) is 1.86. The van der Waals surface area contributed by atoms with Crippen LogP contribution >= 0.6 is 23.2 Å². The van der Waals surface area contributed by atoms with Crippen molar-refractivity contribution >= 4 is 40.7 Å². The van der Waals surface area contributed by atoms with Crippen LogP contribution in [0.2, 0.25) is 10.0 Å².